The van der Waals surface area contributed by atoms with Crippen molar-refractivity contribution in [1.29, 1.82) is 0 Å². The molecule has 0 aliphatic carbocycles. The molecule has 0 spiro atoms. The lowest BCUT2D eigenvalue weighted by Crippen LogP contribution is -2.46. The Kier molecular flexibility index (Phi) is 12.4. The summed E-state index contributed by atoms with van der Waals surface area (Å²) in [4.78, 5) is 23.2. The third-order valence-electron chi connectivity index (χ3n) is 3.02. The first-order chi connectivity index (χ1) is 11.3. The lowest BCUT2D eigenvalue weighted by atomic mass is 10.2. The average Bonchev–Trinajstić information content (AvgIpc) is 2.47. The summed E-state index contributed by atoms with van der Waals surface area (Å²) in [5.74, 6) is 5.04. The number of hydrogen-bond donors (Lipinski definition) is 5. The minimum Gasteiger partial charge on any atom is -0.444 e. The second-order valence-corrected chi connectivity index (χ2v) is 6.52. The molecule has 0 aromatic rings. The minimum absolute atomic E-state index is 0.146. The van der Waals surface area contributed by atoms with Crippen molar-refractivity contribution in [3.05, 3.63) is 0 Å². The molecule has 0 aliphatic heterocycles. The lowest BCUT2D eigenvalue weighted by Gasteiger charge is -2.21. The van der Waals surface area contributed by atoms with E-state index in [-0.39, 0.29) is 6.42 Å². The van der Waals surface area contributed by atoms with E-state index < -0.39 is 17.6 Å². The highest BCUT2D eigenvalue weighted by atomic mass is 16.6. The lowest BCUT2D eigenvalue weighted by molar-refractivity contribution is -0.121. The first-order valence-corrected chi connectivity index (χ1v) is 8.43. The number of nitrogens with one attached hydrogen (secondary N) is 3. The molecule has 24 heavy (non-hydrogen) atoms. The summed E-state index contributed by atoms with van der Waals surface area (Å²) < 4.78 is 5.02. The van der Waals surface area contributed by atoms with Crippen LogP contribution >= 0.6 is 0 Å². The van der Waals surface area contributed by atoms with Gasteiger partial charge in [0.05, 0.1) is 0 Å². The summed E-state index contributed by atoms with van der Waals surface area (Å²) in [5.41, 5.74) is 7.35. The Bertz CT molecular complexity index is 360. The first-order valence-electron chi connectivity index (χ1n) is 8.43. The number of hydrogen-bond acceptors (Lipinski definition) is 8. The van der Waals surface area contributed by atoms with Crippen molar-refractivity contribution in [2.75, 3.05) is 32.7 Å². The van der Waals surface area contributed by atoms with Crippen LogP contribution in [0.3, 0.4) is 0 Å². The maximum absolute atomic E-state index is 11.7. The van der Waals surface area contributed by atoms with Crippen LogP contribution in [0.2, 0.25) is 0 Å². The second-order valence-electron chi connectivity index (χ2n) is 6.52. The molecule has 0 bridgehead atoms. The molecule has 0 aromatic heterocycles. The Morgan fingerprint density at radius 2 is 1.75 bits per heavy atom. The Labute approximate surface area is 144 Å². The van der Waals surface area contributed by atoms with Crippen LogP contribution in [0.4, 0.5) is 4.79 Å². The Hall–Kier alpha value is -1.26. The summed E-state index contributed by atoms with van der Waals surface area (Å²) in [7, 11) is 0. The van der Waals surface area contributed by atoms with Crippen LogP contribution in [0.5, 0.6) is 0 Å². The third kappa shape index (κ3) is 14.3. The quantitative estimate of drug-likeness (QED) is 0.187. The molecule has 0 heterocycles. The normalized spacial score (nSPS) is 11.6. The summed E-state index contributed by atoms with van der Waals surface area (Å²) in [6.45, 7) is 8.85. The van der Waals surface area contributed by atoms with Crippen LogP contribution in [-0.2, 0) is 9.53 Å². The summed E-state index contributed by atoms with van der Waals surface area (Å²) in [6, 6.07) is 0. The molecule has 0 radical (unpaired) electrons. The number of carbonyl (C=O) groups is 2. The number of imide groups is 1. The number of amides is 2. The van der Waals surface area contributed by atoms with E-state index in [0.717, 1.165) is 38.9 Å². The largest absolute Gasteiger partial charge is 0.444 e. The van der Waals surface area contributed by atoms with Crippen LogP contribution in [0.25, 0.3) is 0 Å². The molecule has 9 heteroatoms. The molecular formula is C15H34N6O3. The number of hydrazine groups is 2. The number of carbonyl (C=O) groups excluding carboxylic acids is 2. The van der Waals surface area contributed by atoms with E-state index in [1.807, 2.05) is 0 Å². The van der Waals surface area contributed by atoms with E-state index in [1.54, 1.807) is 25.8 Å². The zero-order valence-electron chi connectivity index (χ0n) is 15.2. The van der Waals surface area contributed by atoms with E-state index in [1.165, 1.54) is 0 Å². The van der Waals surface area contributed by atoms with Crippen molar-refractivity contribution in [3.8, 4) is 0 Å². The maximum atomic E-state index is 11.7. The van der Waals surface area contributed by atoms with Crippen molar-refractivity contribution in [2.45, 2.75) is 52.1 Å². The molecule has 7 N–H and O–H groups in total. The van der Waals surface area contributed by atoms with Crippen molar-refractivity contribution in [2.24, 2.45) is 11.6 Å². The van der Waals surface area contributed by atoms with Crippen molar-refractivity contribution >= 4 is 12.0 Å². The standard InChI is InChI=1S/C15H34N6O3/c1-15(2,3)24-14(23)19-13(22)7-12-21(20-17)11-6-10-18-9-5-4-8-16/h18,20H,4-12,16-17H2,1-3H3,(H,19,22,23). The van der Waals surface area contributed by atoms with Gasteiger partial charge in [0, 0.05) is 19.5 Å². The maximum Gasteiger partial charge on any atom is 0.414 e. The highest BCUT2D eigenvalue weighted by Crippen LogP contribution is 2.06. The molecule has 0 rings (SSSR count). The van der Waals surface area contributed by atoms with Gasteiger partial charge in [0.1, 0.15) is 5.60 Å². The van der Waals surface area contributed by atoms with Crippen molar-refractivity contribution in [3.63, 3.8) is 0 Å². The fraction of sp³-hybridized carbons (Fsp3) is 0.867. The molecule has 9 nitrogen and oxygen atoms in total. The molecule has 0 saturated carbocycles. The van der Waals surface area contributed by atoms with E-state index in [2.05, 4.69) is 16.2 Å². The van der Waals surface area contributed by atoms with Crippen LogP contribution in [-0.4, -0.2) is 55.3 Å². The monoisotopic (exact) mass is 346 g/mol. The molecule has 0 atom stereocenters. The van der Waals surface area contributed by atoms with E-state index in [9.17, 15) is 9.59 Å². The zero-order chi connectivity index (χ0) is 18.4. The fourth-order valence-electron chi connectivity index (χ4n) is 1.87. The Morgan fingerprint density at radius 1 is 1.08 bits per heavy atom. The molecule has 0 fully saturated rings. The van der Waals surface area contributed by atoms with Gasteiger partial charge in [-0.2, -0.15) is 5.53 Å². The van der Waals surface area contributed by atoms with Gasteiger partial charge in [0.2, 0.25) is 5.91 Å². The molecule has 0 saturated heterocycles. The zero-order valence-corrected chi connectivity index (χ0v) is 15.2. The number of ether oxygens (including phenoxy) is 1. The molecule has 142 valence electrons. The molecular weight excluding hydrogens is 312 g/mol. The van der Waals surface area contributed by atoms with Gasteiger partial charge in [0.25, 0.3) is 0 Å². The van der Waals surface area contributed by atoms with Crippen LogP contribution in [0.1, 0.15) is 46.5 Å². The topological polar surface area (TPSA) is 135 Å². The van der Waals surface area contributed by atoms with E-state index in [4.69, 9.17) is 16.3 Å². The van der Waals surface area contributed by atoms with Gasteiger partial charge in [-0.1, -0.05) is 0 Å². The van der Waals surface area contributed by atoms with Gasteiger partial charge in [0.15, 0.2) is 0 Å². The minimum atomic E-state index is -0.735. The van der Waals surface area contributed by atoms with Gasteiger partial charge in [-0.05, 0) is 59.7 Å². The Balaban J connectivity index is 3.80. The van der Waals surface area contributed by atoms with E-state index >= 15 is 0 Å². The number of nitrogens with two attached hydrogens (primary N) is 2. The van der Waals surface area contributed by atoms with Crippen molar-refractivity contribution < 1.29 is 14.3 Å². The highest BCUT2D eigenvalue weighted by Gasteiger charge is 2.18. The Morgan fingerprint density at radius 3 is 2.33 bits per heavy atom. The number of rotatable bonds is 12. The van der Waals surface area contributed by atoms with Gasteiger partial charge in [-0.25, -0.2) is 9.80 Å². The molecule has 2 amide bonds. The molecule has 0 unspecified atom stereocenters. The fourth-order valence-corrected chi connectivity index (χ4v) is 1.87. The van der Waals surface area contributed by atoms with Gasteiger partial charge in [-0.15, -0.1) is 0 Å². The predicted molar refractivity (Wildman–Crippen MR) is 93.7 cm³/mol. The van der Waals surface area contributed by atoms with Crippen LogP contribution in [0, 0.1) is 0 Å². The first kappa shape index (κ1) is 22.7. The summed E-state index contributed by atoms with van der Waals surface area (Å²) >= 11 is 0. The number of unbranched alkanes of at least 4 members (excludes halogenated alkanes) is 1. The molecule has 0 aliphatic rings. The molecule has 0 aromatic carbocycles. The summed E-state index contributed by atoms with van der Waals surface area (Å²) in [6.07, 6.45) is 2.39. The average molecular weight is 346 g/mol. The second kappa shape index (κ2) is 13.1. The van der Waals surface area contributed by atoms with Crippen molar-refractivity contribution in [1.82, 2.24) is 21.2 Å². The smallest absolute Gasteiger partial charge is 0.414 e. The van der Waals surface area contributed by atoms with Crippen LogP contribution in [0.15, 0.2) is 0 Å². The van der Waals surface area contributed by atoms with Gasteiger partial charge < -0.3 is 15.8 Å². The highest BCUT2D eigenvalue weighted by molar-refractivity contribution is 5.91. The van der Waals surface area contributed by atoms with Gasteiger partial charge in [-0.3, -0.25) is 16.0 Å². The van der Waals surface area contributed by atoms with Crippen LogP contribution < -0.4 is 27.7 Å². The number of nitrogens with zero attached hydrogens (tertiary/aromatic N) is 1. The predicted octanol–water partition coefficient (Wildman–Crippen LogP) is -0.173. The summed E-state index contributed by atoms with van der Waals surface area (Å²) in [5, 5.41) is 7.25. The SMILES string of the molecule is CC(C)(C)OC(=O)NC(=O)CCN(CCCNCCCCN)NN. The van der Waals surface area contributed by atoms with E-state index in [0.29, 0.717) is 13.1 Å². The van der Waals surface area contributed by atoms with Gasteiger partial charge >= 0.3 is 6.09 Å². The number of alkyl carbamates (subject to hydrolysis) is 1. The third-order valence-corrected chi connectivity index (χ3v) is 3.02.